The Bertz CT molecular complexity index is 213. The van der Waals surface area contributed by atoms with E-state index >= 15 is 0 Å². The molecule has 54 valence electrons. The Morgan fingerprint density at radius 1 is 1.50 bits per heavy atom. The van der Waals surface area contributed by atoms with E-state index in [4.69, 9.17) is 0 Å². The minimum atomic E-state index is 0.317. The van der Waals surface area contributed by atoms with Crippen molar-refractivity contribution in [2.45, 2.75) is 32.6 Å². The van der Waals surface area contributed by atoms with Crippen LogP contribution in [0.2, 0.25) is 0 Å². The molecular weight excluding hydrogens is 124 g/mol. The molecule has 0 radical (unpaired) electrons. The molecule has 2 bridgehead atoms. The maximum atomic E-state index is 11.0. The summed E-state index contributed by atoms with van der Waals surface area (Å²) in [5.41, 5.74) is 2.63. The van der Waals surface area contributed by atoms with Crippen LogP contribution < -0.4 is 0 Å². The lowest BCUT2D eigenvalue weighted by Crippen LogP contribution is -2.01. The molecule has 1 unspecified atom stereocenters. The van der Waals surface area contributed by atoms with Crippen LogP contribution in [-0.2, 0) is 4.79 Å². The SMILES string of the molecule is CC(=O)C1=C2CCC(C2)C1. The van der Waals surface area contributed by atoms with E-state index in [1.165, 1.54) is 24.8 Å². The predicted molar refractivity (Wildman–Crippen MR) is 39.7 cm³/mol. The first-order valence-electron chi connectivity index (χ1n) is 3.99. The van der Waals surface area contributed by atoms with Gasteiger partial charge in [0.05, 0.1) is 0 Å². The molecule has 0 aromatic heterocycles. The highest BCUT2D eigenvalue weighted by molar-refractivity contribution is 5.94. The lowest BCUT2D eigenvalue weighted by atomic mass is 9.97. The fourth-order valence-corrected chi connectivity index (χ4v) is 2.20. The lowest BCUT2D eigenvalue weighted by molar-refractivity contribution is -0.113. The van der Waals surface area contributed by atoms with Gasteiger partial charge in [-0.1, -0.05) is 5.57 Å². The van der Waals surface area contributed by atoms with Gasteiger partial charge in [-0.2, -0.15) is 0 Å². The highest BCUT2D eigenvalue weighted by atomic mass is 16.1. The van der Waals surface area contributed by atoms with Crippen molar-refractivity contribution in [3.63, 3.8) is 0 Å². The van der Waals surface area contributed by atoms with Gasteiger partial charge in [0.15, 0.2) is 5.78 Å². The Labute approximate surface area is 61.1 Å². The molecule has 0 amide bonds. The van der Waals surface area contributed by atoms with Gasteiger partial charge in [-0.25, -0.2) is 0 Å². The number of carbonyl (C=O) groups excluding carboxylic acids is 1. The summed E-state index contributed by atoms with van der Waals surface area (Å²) in [4.78, 5) is 11.0. The van der Waals surface area contributed by atoms with Crippen molar-refractivity contribution in [3.8, 4) is 0 Å². The minimum absolute atomic E-state index is 0.317. The van der Waals surface area contributed by atoms with Crippen LogP contribution in [0, 0.1) is 5.92 Å². The van der Waals surface area contributed by atoms with Gasteiger partial charge < -0.3 is 0 Å². The summed E-state index contributed by atoms with van der Waals surface area (Å²) in [6, 6.07) is 0. The second-order valence-electron chi connectivity index (χ2n) is 3.45. The topological polar surface area (TPSA) is 17.1 Å². The van der Waals surface area contributed by atoms with E-state index in [9.17, 15) is 4.79 Å². The van der Waals surface area contributed by atoms with Crippen LogP contribution in [0.3, 0.4) is 0 Å². The van der Waals surface area contributed by atoms with Gasteiger partial charge in [-0.3, -0.25) is 4.79 Å². The Kier molecular flexibility index (Phi) is 1.19. The average Bonchev–Trinajstić information content (AvgIpc) is 2.44. The van der Waals surface area contributed by atoms with E-state index in [1.54, 1.807) is 6.92 Å². The summed E-state index contributed by atoms with van der Waals surface area (Å²) in [6.45, 7) is 1.70. The third-order valence-corrected chi connectivity index (χ3v) is 2.73. The number of carbonyl (C=O) groups is 1. The molecule has 1 nitrogen and oxygen atoms in total. The van der Waals surface area contributed by atoms with E-state index in [0.29, 0.717) is 5.78 Å². The maximum Gasteiger partial charge on any atom is 0.155 e. The standard InChI is InChI=1S/C9H12O/c1-6(10)9-5-7-2-3-8(9)4-7/h7H,2-5H2,1H3. The monoisotopic (exact) mass is 136 g/mol. The van der Waals surface area contributed by atoms with Crippen LogP contribution in [0.1, 0.15) is 32.6 Å². The van der Waals surface area contributed by atoms with Crippen molar-refractivity contribution in [2.24, 2.45) is 5.92 Å². The van der Waals surface area contributed by atoms with E-state index in [0.717, 1.165) is 17.9 Å². The molecule has 1 saturated carbocycles. The van der Waals surface area contributed by atoms with Crippen molar-refractivity contribution in [2.75, 3.05) is 0 Å². The van der Waals surface area contributed by atoms with E-state index in [-0.39, 0.29) is 0 Å². The first kappa shape index (κ1) is 6.14. The van der Waals surface area contributed by atoms with Gasteiger partial charge in [-0.05, 0) is 44.1 Å². The largest absolute Gasteiger partial charge is 0.295 e. The molecule has 0 N–H and O–H groups in total. The van der Waals surface area contributed by atoms with Gasteiger partial charge >= 0.3 is 0 Å². The number of hydrogen-bond donors (Lipinski definition) is 0. The molecule has 0 heterocycles. The van der Waals surface area contributed by atoms with Crippen LogP contribution in [0.4, 0.5) is 0 Å². The van der Waals surface area contributed by atoms with Gasteiger partial charge in [-0.15, -0.1) is 0 Å². The molecule has 2 rings (SSSR count). The summed E-state index contributed by atoms with van der Waals surface area (Å²) in [6.07, 6.45) is 4.87. The quantitative estimate of drug-likeness (QED) is 0.539. The molecule has 1 heteroatoms. The highest BCUT2D eigenvalue weighted by Gasteiger charge is 2.31. The summed E-state index contributed by atoms with van der Waals surface area (Å²) < 4.78 is 0. The number of rotatable bonds is 1. The number of hydrogen-bond acceptors (Lipinski definition) is 1. The molecule has 2 aliphatic rings. The van der Waals surface area contributed by atoms with Crippen molar-refractivity contribution < 1.29 is 4.79 Å². The molecule has 0 spiro atoms. The molecule has 0 aromatic rings. The van der Waals surface area contributed by atoms with E-state index < -0.39 is 0 Å². The van der Waals surface area contributed by atoms with Gasteiger partial charge in [0.1, 0.15) is 0 Å². The zero-order valence-corrected chi connectivity index (χ0v) is 6.31. The minimum Gasteiger partial charge on any atom is -0.295 e. The average molecular weight is 136 g/mol. The summed E-state index contributed by atoms with van der Waals surface area (Å²) in [5, 5.41) is 0. The van der Waals surface area contributed by atoms with Crippen LogP contribution in [0.15, 0.2) is 11.1 Å². The van der Waals surface area contributed by atoms with Crippen LogP contribution >= 0.6 is 0 Å². The third-order valence-electron chi connectivity index (χ3n) is 2.73. The maximum absolute atomic E-state index is 11.0. The fourth-order valence-electron chi connectivity index (χ4n) is 2.20. The fraction of sp³-hybridized carbons (Fsp3) is 0.667. The molecule has 0 aromatic carbocycles. The second-order valence-corrected chi connectivity index (χ2v) is 3.45. The third kappa shape index (κ3) is 0.731. The van der Waals surface area contributed by atoms with Crippen LogP contribution in [-0.4, -0.2) is 5.78 Å². The molecule has 2 aliphatic carbocycles. The second kappa shape index (κ2) is 1.94. The van der Waals surface area contributed by atoms with Crippen LogP contribution in [0.5, 0.6) is 0 Å². The number of allylic oxidation sites excluding steroid dienone is 2. The lowest BCUT2D eigenvalue weighted by Gasteiger charge is -2.07. The normalized spacial score (nSPS) is 29.9. The zero-order chi connectivity index (χ0) is 7.14. The Balaban J connectivity index is 2.30. The summed E-state index contributed by atoms with van der Waals surface area (Å²) in [5.74, 6) is 1.16. The van der Waals surface area contributed by atoms with Crippen LogP contribution in [0.25, 0.3) is 0 Å². The summed E-state index contributed by atoms with van der Waals surface area (Å²) >= 11 is 0. The van der Waals surface area contributed by atoms with Crippen molar-refractivity contribution in [1.82, 2.24) is 0 Å². The Morgan fingerprint density at radius 2 is 2.30 bits per heavy atom. The molecule has 1 atom stereocenters. The van der Waals surface area contributed by atoms with Crippen molar-refractivity contribution >= 4 is 5.78 Å². The van der Waals surface area contributed by atoms with Gasteiger partial charge in [0, 0.05) is 0 Å². The predicted octanol–water partition coefficient (Wildman–Crippen LogP) is 2.08. The molecule has 0 aliphatic heterocycles. The van der Waals surface area contributed by atoms with E-state index in [2.05, 4.69) is 0 Å². The van der Waals surface area contributed by atoms with Crippen molar-refractivity contribution in [3.05, 3.63) is 11.1 Å². The number of ketones is 1. The van der Waals surface area contributed by atoms with E-state index in [1.807, 2.05) is 0 Å². The Morgan fingerprint density at radius 3 is 2.60 bits per heavy atom. The van der Waals surface area contributed by atoms with Crippen molar-refractivity contribution in [1.29, 1.82) is 0 Å². The zero-order valence-electron chi connectivity index (χ0n) is 6.31. The molecule has 0 saturated heterocycles. The highest BCUT2D eigenvalue weighted by Crippen LogP contribution is 2.44. The van der Waals surface area contributed by atoms with Gasteiger partial charge in [0.2, 0.25) is 0 Å². The number of fused-ring (bicyclic) bond motifs is 2. The first-order chi connectivity index (χ1) is 4.77. The Hall–Kier alpha value is -0.590. The first-order valence-corrected chi connectivity index (χ1v) is 3.99. The number of Topliss-reactive ketones (excluding diaryl/α,β-unsaturated/α-hetero) is 1. The summed E-state index contributed by atoms with van der Waals surface area (Å²) in [7, 11) is 0. The smallest absolute Gasteiger partial charge is 0.155 e. The molecular formula is C9H12O. The molecule has 10 heavy (non-hydrogen) atoms. The molecule has 1 fully saturated rings. The van der Waals surface area contributed by atoms with Gasteiger partial charge in [0.25, 0.3) is 0 Å².